The molecule has 0 aliphatic carbocycles. The highest BCUT2D eigenvalue weighted by molar-refractivity contribution is 6.02. The molecule has 0 aliphatic rings. The Bertz CT molecular complexity index is 1350. The zero-order chi connectivity index (χ0) is 24.1. The number of likely N-dealkylation sites (N-methyl/N-ethyl adjacent to an activating group) is 1. The molecule has 0 saturated carbocycles. The van der Waals surface area contributed by atoms with Crippen LogP contribution in [0, 0.1) is 0 Å². The second-order valence-corrected chi connectivity index (χ2v) is 7.80. The Kier molecular flexibility index (Phi) is 6.79. The Morgan fingerprint density at radius 3 is 2.62 bits per heavy atom. The summed E-state index contributed by atoms with van der Waals surface area (Å²) in [5.41, 5.74) is 2.07. The number of carbonyl (C=O) groups excluding carboxylic acids is 2. The Balaban J connectivity index is 1.37. The summed E-state index contributed by atoms with van der Waals surface area (Å²) in [6.07, 6.45) is 1.42. The lowest BCUT2D eigenvalue weighted by Crippen LogP contribution is -2.23. The summed E-state index contributed by atoms with van der Waals surface area (Å²) in [5.74, 6) is -0.612. The number of nitrogens with one attached hydrogen (secondary N) is 2. The predicted molar refractivity (Wildman–Crippen MR) is 126 cm³/mol. The van der Waals surface area contributed by atoms with Gasteiger partial charge in [0.05, 0.1) is 11.8 Å². The van der Waals surface area contributed by atoms with E-state index in [1.165, 1.54) is 10.8 Å². The van der Waals surface area contributed by atoms with Gasteiger partial charge in [0.2, 0.25) is 0 Å². The van der Waals surface area contributed by atoms with Crippen molar-refractivity contribution in [3.8, 4) is 5.75 Å². The van der Waals surface area contributed by atoms with Gasteiger partial charge in [-0.25, -0.2) is 4.79 Å². The van der Waals surface area contributed by atoms with Crippen LogP contribution in [0.15, 0.2) is 74.5 Å². The number of oxazole rings is 1. The number of benzene rings is 2. The van der Waals surface area contributed by atoms with E-state index in [1.54, 1.807) is 54.6 Å². The highest BCUT2D eigenvalue weighted by atomic mass is 16.5. The van der Waals surface area contributed by atoms with Crippen molar-refractivity contribution in [2.75, 3.05) is 37.9 Å². The molecule has 10 nitrogen and oxygen atoms in total. The molecule has 0 fully saturated rings. The third-order valence-electron chi connectivity index (χ3n) is 4.93. The van der Waals surface area contributed by atoms with Crippen molar-refractivity contribution in [3.05, 3.63) is 77.2 Å². The van der Waals surface area contributed by atoms with Gasteiger partial charge in [-0.3, -0.25) is 14.2 Å². The number of furan rings is 1. The fourth-order valence-corrected chi connectivity index (χ4v) is 3.26. The number of amides is 2. The molecular formula is C24H24N4O6. The first-order valence-electron chi connectivity index (χ1n) is 10.5. The molecule has 10 heteroatoms. The van der Waals surface area contributed by atoms with E-state index in [1.807, 2.05) is 19.0 Å². The van der Waals surface area contributed by atoms with Gasteiger partial charge in [-0.2, -0.15) is 0 Å². The number of ether oxygens (including phenoxy) is 1. The summed E-state index contributed by atoms with van der Waals surface area (Å²) in [5, 5.41) is 5.46. The van der Waals surface area contributed by atoms with Gasteiger partial charge < -0.3 is 29.1 Å². The van der Waals surface area contributed by atoms with Crippen molar-refractivity contribution in [2.24, 2.45) is 0 Å². The van der Waals surface area contributed by atoms with Gasteiger partial charge in [0.1, 0.15) is 5.75 Å². The van der Waals surface area contributed by atoms with E-state index in [0.29, 0.717) is 41.3 Å². The first kappa shape index (κ1) is 22.9. The molecule has 4 aromatic rings. The van der Waals surface area contributed by atoms with Gasteiger partial charge in [-0.05, 0) is 56.6 Å². The second-order valence-electron chi connectivity index (χ2n) is 7.80. The standard InChI is InChI=1S/C24H24N4O6/c1-27(2)10-11-28-19-14-17(8-9-20(19)34-24(28)31)25-22(29)15-33-18-6-3-5-16(13-18)26-23(30)21-7-4-12-32-21/h3-9,12-14H,10-11,15H2,1-2H3,(H,25,29)(H,26,30). The number of nitrogens with zero attached hydrogens (tertiary/aromatic N) is 2. The van der Waals surface area contributed by atoms with E-state index in [0.717, 1.165) is 0 Å². The molecule has 0 atom stereocenters. The molecule has 2 heterocycles. The normalized spacial score (nSPS) is 11.0. The molecule has 2 aromatic heterocycles. The molecule has 2 N–H and O–H groups in total. The molecule has 2 aromatic carbocycles. The van der Waals surface area contributed by atoms with Crippen molar-refractivity contribution in [3.63, 3.8) is 0 Å². The fourth-order valence-electron chi connectivity index (χ4n) is 3.26. The van der Waals surface area contributed by atoms with Gasteiger partial charge in [0, 0.05) is 30.5 Å². The van der Waals surface area contributed by atoms with E-state index in [2.05, 4.69) is 10.6 Å². The Hall–Kier alpha value is -4.31. The molecule has 0 aliphatic heterocycles. The van der Waals surface area contributed by atoms with Crippen molar-refractivity contribution in [1.82, 2.24) is 9.47 Å². The lowest BCUT2D eigenvalue weighted by Gasteiger charge is -2.11. The Morgan fingerprint density at radius 2 is 1.85 bits per heavy atom. The predicted octanol–water partition coefficient (Wildman–Crippen LogP) is 3.02. The van der Waals surface area contributed by atoms with Crippen LogP contribution in [0.25, 0.3) is 11.1 Å². The topological polar surface area (TPSA) is 119 Å². The molecule has 176 valence electrons. The molecule has 0 saturated heterocycles. The van der Waals surface area contributed by atoms with E-state index >= 15 is 0 Å². The first-order chi connectivity index (χ1) is 16.4. The van der Waals surface area contributed by atoms with Gasteiger partial charge in [0.25, 0.3) is 11.8 Å². The third-order valence-corrected chi connectivity index (χ3v) is 4.93. The summed E-state index contributed by atoms with van der Waals surface area (Å²) >= 11 is 0. The van der Waals surface area contributed by atoms with Crippen LogP contribution in [0.5, 0.6) is 5.75 Å². The molecule has 2 amide bonds. The number of aromatic nitrogens is 1. The number of carbonyl (C=O) groups is 2. The molecule has 0 radical (unpaired) electrons. The average Bonchev–Trinajstić information content (AvgIpc) is 3.44. The average molecular weight is 464 g/mol. The number of hydrogen-bond donors (Lipinski definition) is 2. The van der Waals surface area contributed by atoms with Crippen molar-refractivity contribution in [1.29, 1.82) is 0 Å². The zero-order valence-corrected chi connectivity index (χ0v) is 18.7. The Labute approximate surface area is 194 Å². The van der Waals surface area contributed by atoms with E-state index < -0.39 is 11.7 Å². The van der Waals surface area contributed by atoms with Crippen LogP contribution in [-0.2, 0) is 11.3 Å². The minimum Gasteiger partial charge on any atom is -0.484 e. The van der Waals surface area contributed by atoms with Crippen LogP contribution in [-0.4, -0.2) is 48.5 Å². The fraction of sp³-hybridized carbons (Fsp3) is 0.208. The summed E-state index contributed by atoms with van der Waals surface area (Å²) in [6.45, 7) is 0.887. The maximum absolute atomic E-state index is 12.4. The molecule has 34 heavy (non-hydrogen) atoms. The van der Waals surface area contributed by atoms with E-state index in [4.69, 9.17) is 13.6 Å². The minimum atomic E-state index is -0.442. The maximum Gasteiger partial charge on any atom is 0.419 e. The second kappa shape index (κ2) is 10.1. The first-order valence-corrected chi connectivity index (χ1v) is 10.5. The van der Waals surface area contributed by atoms with E-state index in [9.17, 15) is 14.4 Å². The number of hydrogen-bond acceptors (Lipinski definition) is 7. The van der Waals surface area contributed by atoms with Gasteiger partial charge in [0.15, 0.2) is 18.0 Å². The molecular weight excluding hydrogens is 440 g/mol. The van der Waals surface area contributed by atoms with Gasteiger partial charge in [-0.1, -0.05) is 6.07 Å². The molecule has 0 bridgehead atoms. The number of anilines is 2. The van der Waals surface area contributed by atoms with Crippen molar-refractivity contribution < 1.29 is 23.2 Å². The quantitative estimate of drug-likeness (QED) is 0.391. The SMILES string of the molecule is CN(C)CCn1c(=O)oc2ccc(NC(=O)COc3cccc(NC(=O)c4ccco4)c3)cc21. The number of fused-ring (bicyclic) bond motifs is 1. The lowest BCUT2D eigenvalue weighted by atomic mass is 10.2. The summed E-state index contributed by atoms with van der Waals surface area (Å²) in [7, 11) is 3.84. The van der Waals surface area contributed by atoms with Crippen LogP contribution in [0.2, 0.25) is 0 Å². The number of rotatable bonds is 9. The van der Waals surface area contributed by atoms with Gasteiger partial charge in [-0.15, -0.1) is 0 Å². The monoisotopic (exact) mass is 464 g/mol. The minimum absolute atomic E-state index is 0.187. The van der Waals surface area contributed by atoms with Crippen LogP contribution in [0.4, 0.5) is 11.4 Å². The highest BCUT2D eigenvalue weighted by Gasteiger charge is 2.12. The summed E-state index contributed by atoms with van der Waals surface area (Å²) in [4.78, 5) is 38.6. The Morgan fingerprint density at radius 1 is 1.03 bits per heavy atom. The molecule has 0 spiro atoms. The highest BCUT2D eigenvalue weighted by Crippen LogP contribution is 2.20. The lowest BCUT2D eigenvalue weighted by molar-refractivity contribution is -0.118. The summed E-state index contributed by atoms with van der Waals surface area (Å²) < 4.78 is 17.4. The molecule has 0 unspecified atom stereocenters. The van der Waals surface area contributed by atoms with Crippen molar-refractivity contribution in [2.45, 2.75) is 6.54 Å². The van der Waals surface area contributed by atoms with Crippen LogP contribution < -0.4 is 21.1 Å². The third kappa shape index (κ3) is 5.54. The zero-order valence-electron chi connectivity index (χ0n) is 18.7. The van der Waals surface area contributed by atoms with E-state index in [-0.39, 0.29) is 18.3 Å². The van der Waals surface area contributed by atoms with Crippen molar-refractivity contribution >= 4 is 34.3 Å². The smallest absolute Gasteiger partial charge is 0.419 e. The van der Waals surface area contributed by atoms with Crippen LogP contribution in [0.1, 0.15) is 10.6 Å². The van der Waals surface area contributed by atoms with Crippen LogP contribution >= 0.6 is 0 Å². The molecule has 4 rings (SSSR count). The largest absolute Gasteiger partial charge is 0.484 e. The van der Waals surface area contributed by atoms with Crippen LogP contribution in [0.3, 0.4) is 0 Å². The maximum atomic E-state index is 12.4. The summed E-state index contributed by atoms with van der Waals surface area (Å²) in [6, 6.07) is 14.9. The van der Waals surface area contributed by atoms with Gasteiger partial charge >= 0.3 is 5.76 Å².